The molecule has 1 aromatic heterocycles. The molecule has 108 valence electrons. The second-order valence-corrected chi connectivity index (χ2v) is 5.45. The van der Waals surface area contributed by atoms with E-state index < -0.39 is 5.54 Å². The maximum atomic E-state index is 13.1. The summed E-state index contributed by atoms with van der Waals surface area (Å²) >= 11 is 0. The van der Waals surface area contributed by atoms with Gasteiger partial charge in [0.2, 0.25) is 5.91 Å². The average Bonchev–Trinajstić information content (AvgIpc) is 2.64. The van der Waals surface area contributed by atoms with Crippen LogP contribution in [0.25, 0.3) is 11.0 Å². The molecule has 5 nitrogen and oxygen atoms in total. The van der Waals surface area contributed by atoms with Gasteiger partial charge in [-0.3, -0.25) is 4.79 Å². The third kappa shape index (κ3) is 2.96. The SMILES string of the molecule is Cn1c(CCNC(=O)C(C)(C)N)nc2cc(F)ccc21. The number of rotatable bonds is 4. The number of benzene rings is 1. The molecule has 1 amide bonds. The van der Waals surface area contributed by atoms with Crippen LogP contribution in [-0.4, -0.2) is 27.5 Å². The number of aryl methyl sites for hydroxylation is 1. The van der Waals surface area contributed by atoms with E-state index in [0.717, 1.165) is 11.3 Å². The van der Waals surface area contributed by atoms with E-state index in [1.165, 1.54) is 12.1 Å². The number of nitrogens with zero attached hydrogens (tertiary/aromatic N) is 2. The lowest BCUT2D eigenvalue weighted by Gasteiger charge is -2.17. The van der Waals surface area contributed by atoms with E-state index in [9.17, 15) is 9.18 Å². The van der Waals surface area contributed by atoms with Crippen LogP contribution in [0.3, 0.4) is 0 Å². The number of halogens is 1. The Hall–Kier alpha value is -1.95. The molecule has 20 heavy (non-hydrogen) atoms. The van der Waals surface area contributed by atoms with Crippen LogP contribution in [0.2, 0.25) is 0 Å². The monoisotopic (exact) mass is 278 g/mol. The first-order chi connectivity index (χ1) is 9.29. The number of fused-ring (bicyclic) bond motifs is 1. The van der Waals surface area contributed by atoms with Gasteiger partial charge in [0, 0.05) is 26.1 Å². The van der Waals surface area contributed by atoms with E-state index in [1.807, 2.05) is 11.6 Å². The van der Waals surface area contributed by atoms with Gasteiger partial charge in [-0.25, -0.2) is 9.37 Å². The van der Waals surface area contributed by atoms with Crippen molar-refractivity contribution in [3.8, 4) is 0 Å². The normalized spacial score (nSPS) is 11.8. The number of nitrogens with one attached hydrogen (secondary N) is 1. The molecule has 1 aromatic carbocycles. The molecule has 3 N–H and O–H groups in total. The number of hydrogen-bond donors (Lipinski definition) is 2. The largest absolute Gasteiger partial charge is 0.354 e. The highest BCUT2D eigenvalue weighted by molar-refractivity contribution is 5.85. The summed E-state index contributed by atoms with van der Waals surface area (Å²) in [6.45, 7) is 3.75. The Morgan fingerprint density at radius 3 is 2.85 bits per heavy atom. The van der Waals surface area contributed by atoms with Crippen LogP contribution in [0.15, 0.2) is 18.2 Å². The van der Waals surface area contributed by atoms with E-state index in [2.05, 4.69) is 10.3 Å². The van der Waals surface area contributed by atoms with E-state index >= 15 is 0 Å². The lowest BCUT2D eigenvalue weighted by atomic mass is 10.1. The van der Waals surface area contributed by atoms with Gasteiger partial charge < -0.3 is 15.6 Å². The summed E-state index contributed by atoms with van der Waals surface area (Å²) in [5.74, 6) is 0.281. The van der Waals surface area contributed by atoms with E-state index in [4.69, 9.17) is 5.73 Å². The molecule has 2 rings (SSSR count). The van der Waals surface area contributed by atoms with Crippen LogP contribution in [0.4, 0.5) is 4.39 Å². The molecule has 0 aliphatic rings. The van der Waals surface area contributed by atoms with E-state index in [-0.39, 0.29) is 11.7 Å². The number of nitrogens with two attached hydrogens (primary N) is 1. The van der Waals surface area contributed by atoms with Crippen molar-refractivity contribution < 1.29 is 9.18 Å². The first-order valence-electron chi connectivity index (χ1n) is 6.47. The molecule has 6 heteroatoms. The Balaban J connectivity index is 2.07. The van der Waals surface area contributed by atoms with Crippen LogP contribution < -0.4 is 11.1 Å². The van der Waals surface area contributed by atoms with Crippen molar-refractivity contribution in [3.63, 3.8) is 0 Å². The molecule has 0 aliphatic heterocycles. The van der Waals surface area contributed by atoms with Gasteiger partial charge >= 0.3 is 0 Å². The molecule has 0 radical (unpaired) electrons. The molecule has 0 unspecified atom stereocenters. The van der Waals surface area contributed by atoms with Crippen LogP contribution in [-0.2, 0) is 18.3 Å². The van der Waals surface area contributed by atoms with Crippen molar-refractivity contribution in [2.75, 3.05) is 6.54 Å². The van der Waals surface area contributed by atoms with Gasteiger partial charge in [0.25, 0.3) is 0 Å². The first kappa shape index (κ1) is 14.5. The van der Waals surface area contributed by atoms with Gasteiger partial charge in [-0.2, -0.15) is 0 Å². The third-order valence-electron chi connectivity index (χ3n) is 3.15. The van der Waals surface area contributed by atoms with Crippen molar-refractivity contribution in [2.24, 2.45) is 12.8 Å². The van der Waals surface area contributed by atoms with Crippen LogP contribution in [0.5, 0.6) is 0 Å². The summed E-state index contributed by atoms with van der Waals surface area (Å²) in [6.07, 6.45) is 0.564. The molecule has 2 aromatic rings. The highest BCUT2D eigenvalue weighted by Gasteiger charge is 2.21. The summed E-state index contributed by atoms with van der Waals surface area (Å²) < 4.78 is 15.0. The van der Waals surface area contributed by atoms with E-state index in [1.54, 1.807) is 19.9 Å². The molecule has 1 heterocycles. The van der Waals surface area contributed by atoms with Crippen molar-refractivity contribution in [2.45, 2.75) is 25.8 Å². The van der Waals surface area contributed by atoms with Crippen molar-refractivity contribution in [1.82, 2.24) is 14.9 Å². The van der Waals surface area contributed by atoms with Crippen LogP contribution in [0, 0.1) is 5.82 Å². The highest BCUT2D eigenvalue weighted by Crippen LogP contribution is 2.16. The minimum atomic E-state index is -0.893. The van der Waals surface area contributed by atoms with Crippen molar-refractivity contribution in [3.05, 3.63) is 29.8 Å². The zero-order chi connectivity index (χ0) is 14.9. The van der Waals surface area contributed by atoms with Gasteiger partial charge in [0.15, 0.2) is 0 Å². The van der Waals surface area contributed by atoms with Gasteiger partial charge in [-0.15, -0.1) is 0 Å². The molecule has 0 atom stereocenters. The van der Waals surface area contributed by atoms with Gasteiger partial charge in [-0.05, 0) is 26.0 Å². The molecule has 0 bridgehead atoms. The Morgan fingerprint density at radius 1 is 1.50 bits per heavy atom. The lowest BCUT2D eigenvalue weighted by Crippen LogP contribution is -2.49. The zero-order valence-corrected chi connectivity index (χ0v) is 11.9. The lowest BCUT2D eigenvalue weighted by molar-refractivity contribution is -0.125. The van der Waals surface area contributed by atoms with Crippen molar-refractivity contribution in [1.29, 1.82) is 0 Å². The Morgan fingerprint density at radius 2 is 2.20 bits per heavy atom. The molecule has 0 saturated carbocycles. The maximum Gasteiger partial charge on any atom is 0.239 e. The fraction of sp³-hybridized carbons (Fsp3) is 0.429. The minimum absolute atomic E-state index is 0.206. The zero-order valence-electron chi connectivity index (χ0n) is 11.9. The summed E-state index contributed by atoms with van der Waals surface area (Å²) in [7, 11) is 1.87. The quantitative estimate of drug-likeness (QED) is 0.880. The fourth-order valence-electron chi connectivity index (χ4n) is 1.96. The van der Waals surface area contributed by atoms with Gasteiger partial charge in [0.1, 0.15) is 11.6 Å². The number of amides is 1. The first-order valence-corrected chi connectivity index (χ1v) is 6.47. The molecular weight excluding hydrogens is 259 g/mol. The molecule has 0 aliphatic carbocycles. The van der Waals surface area contributed by atoms with E-state index in [0.29, 0.717) is 18.5 Å². The highest BCUT2D eigenvalue weighted by atomic mass is 19.1. The Bertz CT molecular complexity index is 642. The summed E-state index contributed by atoms with van der Waals surface area (Å²) in [6, 6.07) is 4.51. The second-order valence-electron chi connectivity index (χ2n) is 5.45. The smallest absolute Gasteiger partial charge is 0.239 e. The number of hydrogen-bond acceptors (Lipinski definition) is 3. The number of carbonyl (C=O) groups is 1. The van der Waals surface area contributed by atoms with Gasteiger partial charge in [0.05, 0.1) is 16.6 Å². The summed E-state index contributed by atoms with van der Waals surface area (Å²) in [5.41, 5.74) is 6.28. The van der Waals surface area contributed by atoms with Crippen molar-refractivity contribution >= 4 is 16.9 Å². The second kappa shape index (κ2) is 5.20. The van der Waals surface area contributed by atoms with Crippen LogP contribution in [0.1, 0.15) is 19.7 Å². The molecule has 0 spiro atoms. The molecule has 0 fully saturated rings. The summed E-state index contributed by atoms with van der Waals surface area (Å²) in [4.78, 5) is 16.0. The molecule has 0 saturated heterocycles. The molecular formula is C14H19FN4O. The van der Waals surface area contributed by atoms with Crippen LogP contribution >= 0.6 is 0 Å². The Kier molecular flexibility index (Phi) is 3.76. The predicted octanol–water partition coefficient (Wildman–Crippen LogP) is 1.11. The fourth-order valence-corrected chi connectivity index (χ4v) is 1.96. The number of imidazole rings is 1. The minimum Gasteiger partial charge on any atom is -0.354 e. The topological polar surface area (TPSA) is 72.9 Å². The average molecular weight is 278 g/mol. The standard InChI is InChI=1S/C14H19FN4O/c1-14(2,16)13(20)17-7-6-12-18-10-8-9(15)4-5-11(10)19(12)3/h4-5,8H,6-7,16H2,1-3H3,(H,17,20). The summed E-state index contributed by atoms with van der Waals surface area (Å²) in [5, 5.41) is 2.76. The third-order valence-corrected chi connectivity index (χ3v) is 3.15. The predicted molar refractivity (Wildman–Crippen MR) is 75.7 cm³/mol. The number of carbonyl (C=O) groups excluding carboxylic acids is 1. The van der Waals surface area contributed by atoms with Gasteiger partial charge in [-0.1, -0.05) is 0 Å². The Labute approximate surface area is 117 Å². The maximum absolute atomic E-state index is 13.1. The number of aromatic nitrogens is 2.